The van der Waals surface area contributed by atoms with Gasteiger partial charge >= 0.3 is 0 Å². The molecule has 0 bridgehead atoms. The van der Waals surface area contributed by atoms with E-state index < -0.39 is 0 Å². The molecule has 0 aliphatic heterocycles. The maximum absolute atomic E-state index is 5.88. The van der Waals surface area contributed by atoms with Gasteiger partial charge in [-0.3, -0.25) is 0 Å². The number of hydrogen-bond donors (Lipinski definition) is 1. The molecule has 0 aliphatic carbocycles. The number of nitrogens with two attached hydrogens (primary N) is 1. The molecular weight excluding hydrogens is 365 g/mol. The van der Waals surface area contributed by atoms with Gasteiger partial charge in [-0.2, -0.15) is 10.1 Å². The van der Waals surface area contributed by atoms with E-state index in [2.05, 4.69) is 37.7 Å². The van der Waals surface area contributed by atoms with Crippen molar-refractivity contribution in [3.8, 4) is 5.82 Å². The van der Waals surface area contributed by atoms with Crippen LogP contribution in [-0.2, 0) is 0 Å². The number of rotatable bonds is 1. The number of fused-ring (bicyclic) bond motifs is 1. The highest BCUT2D eigenvalue weighted by Crippen LogP contribution is 2.23. The van der Waals surface area contributed by atoms with E-state index in [1.807, 2.05) is 24.3 Å². The molecule has 0 amide bonds. The second-order valence-electron chi connectivity index (χ2n) is 3.63. The zero-order valence-corrected chi connectivity index (χ0v) is 11.9. The van der Waals surface area contributed by atoms with Crippen LogP contribution in [0.1, 0.15) is 0 Å². The van der Waals surface area contributed by atoms with E-state index in [1.165, 1.54) is 0 Å². The third kappa shape index (κ3) is 1.91. The molecule has 0 saturated carbocycles. The van der Waals surface area contributed by atoms with E-state index in [1.54, 1.807) is 10.7 Å². The average molecular weight is 372 g/mol. The molecule has 3 rings (SSSR count). The molecule has 3 aromatic rings. The van der Waals surface area contributed by atoms with Gasteiger partial charge in [0.2, 0.25) is 5.95 Å². The van der Waals surface area contributed by atoms with Crippen LogP contribution < -0.4 is 5.73 Å². The molecule has 0 fully saturated rings. The second-order valence-corrected chi connectivity index (χ2v) is 5.04. The van der Waals surface area contributed by atoms with Crippen molar-refractivity contribution in [2.24, 2.45) is 0 Å². The third-order valence-corrected chi connectivity index (χ3v) is 3.45. The molecule has 5 nitrogen and oxygen atoms in total. The summed E-state index contributed by atoms with van der Waals surface area (Å²) >= 11 is 8.07. The zero-order valence-electron chi connectivity index (χ0n) is 9.01. The third-order valence-electron chi connectivity index (χ3n) is 2.46. The van der Waals surface area contributed by atoms with Crippen LogP contribution in [0.15, 0.2) is 30.3 Å². The summed E-state index contributed by atoms with van der Waals surface area (Å²) in [5, 5.41) is 5.80. The Balaban J connectivity index is 2.31. The van der Waals surface area contributed by atoms with E-state index in [-0.39, 0.29) is 5.95 Å². The summed E-state index contributed by atoms with van der Waals surface area (Å²) in [4.78, 5) is 7.98. The number of benzene rings is 1. The van der Waals surface area contributed by atoms with Crippen LogP contribution in [0.5, 0.6) is 0 Å². The fraction of sp³-hybridized carbons (Fsp3) is 0. The van der Waals surface area contributed by atoms with Crippen LogP contribution in [-0.4, -0.2) is 19.7 Å². The normalized spacial score (nSPS) is 11.0. The molecule has 0 spiro atoms. The Bertz CT molecular complexity index is 719. The summed E-state index contributed by atoms with van der Waals surface area (Å²) in [6.07, 6.45) is 0. The lowest BCUT2D eigenvalue weighted by Crippen LogP contribution is -2.04. The summed E-state index contributed by atoms with van der Waals surface area (Å²) < 4.78 is 2.61. The lowest BCUT2D eigenvalue weighted by atomic mass is 10.2. The van der Waals surface area contributed by atoms with Crippen molar-refractivity contribution in [3.63, 3.8) is 0 Å². The average Bonchev–Trinajstić information content (AvgIpc) is 2.66. The van der Waals surface area contributed by atoms with Gasteiger partial charge < -0.3 is 5.73 Å². The van der Waals surface area contributed by atoms with Gasteiger partial charge in [0.15, 0.2) is 5.82 Å². The number of nitrogens with zero attached hydrogens (tertiary/aromatic N) is 4. The Labute approximate surface area is 121 Å². The predicted octanol–water partition coefficient (Wildman–Crippen LogP) is 2.66. The van der Waals surface area contributed by atoms with Gasteiger partial charge in [-0.25, -0.2) is 9.67 Å². The number of hydrogen-bond acceptors (Lipinski definition) is 4. The van der Waals surface area contributed by atoms with E-state index in [0.717, 1.165) is 14.6 Å². The fourth-order valence-corrected chi connectivity index (χ4v) is 2.59. The van der Waals surface area contributed by atoms with Crippen molar-refractivity contribution in [1.29, 1.82) is 0 Å². The lowest BCUT2D eigenvalue weighted by molar-refractivity contribution is 0.859. The number of halogens is 2. The minimum absolute atomic E-state index is 0.132. The van der Waals surface area contributed by atoms with Gasteiger partial charge in [-0.1, -0.05) is 29.8 Å². The number of aromatic nitrogens is 4. The molecule has 0 aliphatic rings. The second kappa shape index (κ2) is 4.36. The van der Waals surface area contributed by atoms with Crippen LogP contribution in [0.3, 0.4) is 0 Å². The summed E-state index contributed by atoms with van der Waals surface area (Å²) in [5.74, 6) is 0.693. The van der Waals surface area contributed by atoms with Crippen molar-refractivity contribution in [2.75, 3.05) is 5.73 Å². The molecule has 0 unspecified atom stereocenters. The molecule has 2 heterocycles. The van der Waals surface area contributed by atoms with Crippen molar-refractivity contribution in [2.45, 2.75) is 0 Å². The monoisotopic (exact) mass is 371 g/mol. The predicted molar refractivity (Wildman–Crippen MR) is 78.8 cm³/mol. The molecule has 2 aromatic heterocycles. The van der Waals surface area contributed by atoms with Crippen molar-refractivity contribution < 1.29 is 0 Å². The Morgan fingerprint density at radius 2 is 2.00 bits per heavy atom. The molecule has 2 N–H and O–H groups in total. The molecule has 90 valence electrons. The lowest BCUT2D eigenvalue weighted by Gasteiger charge is -2.03. The quantitative estimate of drug-likeness (QED) is 0.527. The van der Waals surface area contributed by atoms with Crippen molar-refractivity contribution in [3.05, 3.63) is 39.2 Å². The van der Waals surface area contributed by atoms with Gasteiger partial charge in [0, 0.05) is 11.5 Å². The Morgan fingerprint density at radius 1 is 1.22 bits per heavy atom. The molecule has 0 saturated heterocycles. The Morgan fingerprint density at radius 3 is 2.78 bits per heavy atom. The Kier molecular flexibility index (Phi) is 2.83. The number of nitrogen functional groups attached to an aromatic ring is 1. The Hall–Kier alpha value is -1.41. The highest BCUT2D eigenvalue weighted by atomic mass is 127. The van der Waals surface area contributed by atoms with Crippen LogP contribution in [0.2, 0.25) is 5.15 Å². The van der Waals surface area contributed by atoms with Gasteiger partial charge in [-0.15, -0.1) is 0 Å². The molecule has 7 heteroatoms. The van der Waals surface area contributed by atoms with Gasteiger partial charge in [-0.05, 0) is 28.7 Å². The maximum atomic E-state index is 5.88. The van der Waals surface area contributed by atoms with Crippen molar-refractivity contribution in [1.82, 2.24) is 19.7 Å². The summed E-state index contributed by atoms with van der Waals surface area (Å²) in [6.45, 7) is 0. The van der Waals surface area contributed by atoms with Crippen molar-refractivity contribution >= 4 is 51.0 Å². The first-order valence-electron chi connectivity index (χ1n) is 5.09. The molecule has 0 atom stereocenters. The van der Waals surface area contributed by atoms with Crippen LogP contribution in [0.4, 0.5) is 5.95 Å². The SMILES string of the molecule is Nc1nc(Cl)cc(-n2nc(I)c3ccccc32)n1. The van der Waals surface area contributed by atoms with E-state index in [9.17, 15) is 0 Å². The fourth-order valence-electron chi connectivity index (χ4n) is 1.73. The van der Waals surface area contributed by atoms with Crippen LogP contribution >= 0.6 is 34.2 Å². The first-order valence-corrected chi connectivity index (χ1v) is 6.54. The molecule has 0 radical (unpaired) electrons. The first kappa shape index (κ1) is 11.7. The summed E-state index contributed by atoms with van der Waals surface area (Å²) in [6, 6.07) is 9.53. The largest absolute Gasteiger partial charge is 0.368 e. The maximum Gasteiger partial charge on any atom is 0.223 e. The minimum atomic E-state index is 0.132. The standard InChI is InChI=1S/C11H7ClIN5/c12-8-5-9(16-11(14)15-8)18-7-4-2-1-3-6(7)10(13)17-18/h1-5H,(H2,14,15,16). The zero-order chi connectivity index (χ0) is 12.7. The number of para-hydroxylation sites is 1. The topological polar surface area (TPSA) is 69.6 Å². The summed E-state index contributed by atoms with van der Waals surface area (Å²) in [5.41, 5.74) is 6.55. The smallest absolute Gasteiger partial charge is 0.223 e. The highest BCUT2D eigenvalue weighted by Gasteiger charge is 2.11. The first-order chi connectivity index (χ1) is 8.65. The van der Waals surface area contributed by atoms with Gasteiger partial charge in [0.25, 0.3) is 0 Å². The van der Waals surface area contributed by atoms with Crippen LogP contribution in [0, 0.1) is 3.70 Å². The summed E-state index contributed by atoms with van der Waals surface area (Å²) in [7, 11) is 0. The number of anilines is 1. The minimum Gasteiger partial charge on any atom is -0.368 e. The van der Waals surface area contributed by atoms with E-state index in [4.69, 9.17) is 17.3 Å². The van der Waals surface area contributed by atoms with Gasteiger partial charge in [0.05, 0.1) is 5.52 Å². The molecule has 18 heavy (non-hydrogen) atoms. The van der Waals surface area contributed by atoms with E-state index >= 15 is 0 Å². The van der Waals surface area contributed by atoms with E-state index in [0.29, 0.717) is 11.0 Å². The molecular formula is C11H7ClIN5. The molecule has 1 aromatic carbocycles. The highest BCUT2D eigenvalue weighted by molar-refractivity contribution is 14.1. The van der Waals surface area contributed by atoms with Crippen LogP contribution in [0.25, 0.3) is 16.7 Å². The van der Waals surface area contributed by atoms with Gasteiger partial charge in [0.1, 0.15) is 8.85 Å².